The molecule has 0 amide bonds. The average molecular weight is 254 g/mol. The van der Waals surface area contributed by atoms with Gasteiger partial charge in [-0.1, -0.05) is 10.7 Å². The van der Waals surface area contributed by atoms with Crippen molar-refractivity contribution in [2.24, 2.45) is 5.41 Å². The van der Waals surface area contributed by atoms with Crippen molar-refractivity contribution in [3.63, 3.8) is 0 Å². The first kappa shape index (κ1) is 11.5. The molecule has 96 valence electrons. The predicted molar refractivity (Wildman–Crippen MR) is 57.8 cm³/mol. The van der Waals surface area contributed by atoms with E-state index in [0.29, 0.717) is 19.3 Å². The summed E-state index contributed by atoms with van der Waals surface area (Å²) in [6.45, 7) is 0.726. The molecule has 1 fully saturated rings. The summed E-state index contributed by atoms with van der Waals surface area (Å²) in [6.07, 6.45) is 3.82. The molecule has 3 aliphatic carbocycles. The lowest BCUT2D eigenvalue weighted by atomic mass is 9.58. The molecule has 0 radical (unpaired) electrons. The number of fused-ring (bicyclic) bond motifs is 2. The van der Waals surface area contributed by atoms with Crippen LogP contribution in [0.4, 0.5) is 8.78 Å². The van der Waals surface area contributed by atoms with Crippen LogP contribution < -0.4 is 0 Å². The third-order valence-corrected chi connectivity index (χ3v) is 3.75. The number of hydrogen-bond donors (Lipinski definition) is 0. The highest BCUT2D eigenvalue weighted by molar-refractivity contribution is 5.75. The molecular weight excluding hydrogens is 242 g/mol. The summed E-state index contributed by atoms with van der Waals surface area (Å²) in [5, 5.41) is 3.62. The Balaban J connectivity index is 1.90. The minimum absolute atomic E-state index is 0.208. The Morgan fingerprint density at radius 1 is 1.44 bits per heavy atom. The van der Waals surface area contributed by atoms with Crippen molar-refractivity contribution >= 4 is 11.9 Å². The van der Waals surface area contributed by atoms with Crippen LogP contribution >= 0.6 is 0 Å². The number of carbonyl (C=O) groups excluding carboxylic acids is 1. The zero-order chi connectivity index (χ0) is 13.0. The largest absolute Gasteiger partial charge is 0.332 e. The molecule has 4 nitrogen and oxygen atoms in total. The van der Waals surface area contributed by atoms with E-state index >= 15 is 0 Å². The highest BCUT2D eigenvalue weighted by Gasteiger charge is 2.46. The number of alkyl halides is 2. The molecule has 1 heterocycles. The average Bonchev–Trinajstić information content (AvgIpc) is 2.76. The Morgan fingerprint density at radius 3 is 2.61 bits per heavy atom. The normalized spacial score (nSPS) is 21.7. The summed E-state index contributed by atoms with van der Waals surface area (Å²) in [7, 11) is 0. The first-order chi connectivity index (χ1) is 8.43. The maximum Gasteiger partial charge on any atom is 0.322 e. The molecule has 0 N–H and O–H groups in total. The topological polar surface area (TPSA) is 56.0 Å². The fraction of sp³-hybridized carbons (Fsp3) is 0.583. The first-order valence-electron chi connectivity index (χ1n) is 5.83. The van der Waals surface area contributed by atoms with E-state index in [0.717, 1.165) is 30.8 Å². The molecule has 18 heavy (non-hydrogen) atoms. The number of hydrogen-bond acceptors (Lipinski definition) is 4. The Bertz CT molecular complexity index is 535. The van der Waals surface area contributed by atoms with Gasteiger partial charge in [-0.25, -0.2) is 0 Å². The van der Waals surface area contributed by atoms with Gasteiger partial charge in [0.15, 0.2) is 5.82 Å². The molecular formula is C12H12F2N2O2. The molecule has 3 aliphatic rings. The minimum Gasteiger partial charge on any atom is -0.332 e. The molecule has 0 aromatic carbocycles. The Hall–Kier alpha value is -1.59. The summed E-state index contributed by atoms with van der Waals surface area (Å²) in [5.41, 5.74) is 1.76. The van der Waals surface area contributed by atoms with Gasteiger partial charge >= 0.3 is 5.92 Å². The van der Waals surface area contributed by atoms with Gasteiger partial charge in [0.1, 0.15) is 6.29 Å². The molecule has 6 heteroatoms. The molecule has 2 bridgehead atoms. The molecule has 0 atom stereocenters. The van der Waals surface area contributed by atoms with Gasteiger partial charge in [0.2, 0.25) is 0 Å². The van der Waals surface area contributed by atoms with Crippen molar-refractivity contribution in [2.75, 3.05) is 0 Å². The highest BCUT2D eigenvalue weighted by Crippen LogP contribution is 2.55. The standard InChI is InChI=1S/C12H12F2N2O2/c1-11(13,14)10-15-9(16-18-10)8-2-3-12(6-17)4-7(8)5-12/h6H,2-5H2,1H3. The number of carbonyl (C=O) groups is 1. The lowest BCUT2D eigenvalue weighted by molar-refractivity contribution is -0.118. The quantitative estimate of drug-likeness (QED) is 0.778. The second-order valence-corrected chi connectivity index (χ2v) is 5.23. The van der Waals surface area contributed by atoms with Crippen molar-refractivity contribution in [1.29, 1.82) is 0 Å². The number of aldehydes is 1. The lowest BCUT2D eigenvalue weighted by Gasteiger charge is -2.45. The lowest BCUT2D eigenvalue weighted by Crippen LogP contribution is -2.37. The molecule has 0 unspecified atom stereocenters. The monoisotopic (exact) mass is 254 g/mol. The fourth-order valence-electron chi connectivity index (χ4n) is 2.68. The molecule has 1 saturated carbocycles. The summed E-state index contributed by atoms with van der Waals surface area (Å²) in [5.74, 6) is -3.52. The predicted octanol–water partition coefficient (Wildman–Crippen LogP) is 2.71. The van der Waals surface area contributed by atoms with Crippen LogP contribution in [0.3, 0.4) is 0 Å². The van der Waals surface area contributed by atoms with E-state index in [-0.39, 0.29) is 11.2 Å². The third-order valence-electron chi connectivity index (χ3n) is 3.75. The SMILES string of the molecule is CC(F)(F)c1nc(C2=C3CC(C=O)(CC2)C3)no1. The van der Waals surface area contributed by atoms with E-state index in [9.17, 15) is 13.6 Å². The van der Waals surface area contributed by atoms with E-state index in [2.05, 4.69) is 14.7 Å². The zero-order valence-corrected chi connectivity index (χ0v) is 9.87. The summed E-state index contributed by atoms with van der Waals surface area (Å²) >= 11 is 0. The molecule has 0 aliphatic heterocycles. The number of nitrogens with zero attached hydrogens (tertiary/aromatic N) is 2. The second-order valence-electron chi connectivity index (χ2n) is 5.23. The van der Waals surface area contributed by atoms with Gasteiger partial charge in [0.05, 0.1) is 0 Å². The van der Waals surface area contributed by atoms with E-state index < -0.39 is 11.8 Å². The van der Waals surface area contributed by atoms with Crippen LogP contribution in [0.25, 0.3) is 5.57 Å². The number of halogens is 2. The highest BCUT2D eigenvalue weighted by atomic mass is 19.3. The van der Waals surface area contributed by atoms with Crippen LogP contribution in [0.2, 0.25) is 0 Å². The maximum atomic E-state index is 13.0. The number of allylic oxidation sites excluding steroid dienone is 2. The smallest absolute Gasteiger partial charge is 0.322 e. The van der Waals surface area contributed by atoms with Crippen LogP contribution in [0.15, 0.2) is 10.1 Å². The Kier molecular flexibility index (Phi) is 2.21. The Labute approximate surface area is 102 Å². The zero-order valence-electron chi connectivity index (χ0n) is 9.87. The molecule has 0 spiro atoms. The van der Waals surface area contributed by atoms with Crippen LogP contribution in [0.5, 0.6) is 0 Å². The third kappa shape index (κ3) is 1.59. The summed E-state index contributed by atoms with van der Waals surface area (Å²) in [4.78, 5) is 14.7. The fourth-order valence-corrected chi connectivity index (χ4v) is 2.68. The minimum atomic E-state index is -3.11. The molecule has 1 aromatic heterocycles. The van der Waals surface area contributed by atoms with Crippen molar-refractivity contribution < 1.29 is 18.1 Å². The van der Waals surface area contributed by atoms with Gasteiger partial charge in [-0.15, -0.1) is 0 Å². The Morgan fingerprint density at radius 2 is 2.17 bits per heavy atom. The maximum absolute atomic E-state index is 13.0. The van der Waals surface area contributed by atoms with E-state index in [1.165, 1.54) is 0 Å². The van der Waals surface area contributed by atoms with Crippen molar-refractivity contribution in [3.05, 3.63) is 17.3 Å². The van der Waals surface area contributed by atoms with Gasteiger partial charge < -0.3 is 9.32 Å². The van der Waals surface area contributed by atoms with Gasteiger partial charge in [-0.05, 0) is 31.3 Å². The van der Waals surface area contributed by atoms with Crippen molar-refractivity contribution in [1.82, 2.24) is 10.1 Å². The van der Waals surface area contributed by atoms with E-state index in [4.69, 9.17) is 0 Å². The molecule has 0 saturated heterocycles. The summed E-state index contributed by atoms with van der Waals surface area (Å²) in [6, 6.07) is 0. The second kappa shape index (κ2) is 3.46. The number of aromatic nitrogens is 2. The number of rotatable bonds is 3. The van der Waals surface area contributed by atoms with Gasteiger partial charge in [-0.3, -0.25) is 0 Å². The van der Waals surface area contributed by atoms with Crippen LogP contribution in [-0.4, -0.2) is 16.4 Å². The van der Waals surface area contributed by atoms with Crippen LogP contribution in [-0.2, 0) is 10.7 Å². The molecule has 1 aromatic rings. The van der Waals surface area contributed by atoms with E-state index in [1.807, 2.05) is 0 Å². The van der Waals surface area contributed by atoms with Crippen LogP contribution in [0.1, 0.15) is 44.3 Å². The first-order valence-corrected chi connectivity index (χ1v) is 5.83. The van der Waals surface area contributed by atoms with Gasteiger partial charge in [0.25, 0.3) is 5.89 Å². The van der Waals surface area contributed by atoms with Gasteiger partial charge in [-0.2, -0.15) is 13.8 Å². The van der Waals surface area contributed by atoms with Crippen LogP contribution in [0, 0.1) is 5.41 Å². The summed E-state index contributed by atoms with van der Waals surface area (Å²) < 4.78 is 30.6. The molecule has 4 rings (SSSR count). The van der Waals surface area contributed by atoms with Crippen molar-refractivity contribution in [3.8, 4) is 0 Å². The van der Waals surface area contributed by atoms with E-state index in [1.54, 1.807) is 0 Å². The van der Waals surface area contributed by atoms with Crippen molar-refractivity contribution in [2.45, 2.75) is 38.5 Å². The van der Waals surface area contributed by atoms with Gasteiger partial charge in [0, 0.05) is 12.3 Å².